The summed E-state index contributed by atoms with van der Waals surface area (Å²) < 4.78 is 5.27. The smallest absolute Gasteiger partial charge is 0.120 e. The highest BCUT2D eigenvalue weighted by Gasteiger charge is 2.16. The Morgan fingerprint density at radius 2 is 1.90 bits per heavy atom. The maximum atomic E-state index is 10.0. The van der Waals surface area contributed by atoms with Gasteiger partial charge in [-0.1, -0.05) is 37.3 Å². The van der Waals surface area contributed by atoms with Gasteiger partial charge < -0.3 is 15.2 Å². The van der Waals surface area contributed by atoms with E-state index in [1.165, 1.54) is 5.56 Å². The summed E-state index contributed by atoms with van der Waals surface area (Å²) in [5.74, 6) is 1.20. The average molecular weight is 285 g/mol. The van der Waals surface area contributed by atoms with Crippen LogP contribution in [0, 0.1) is 0 Å². The zero-order valence-corrected chi connectivity index (χ0v) is 12.8. The van der Waals surface area contributed by atoms with Gasteiger partial charge in [-0.15, -0.1) is 0 Å². The third-order valence-electron chi connectivity index (χ3n) is 3.77. The quantitative estimate of drug-likeness (QED) is 0.835. The van der Waals surface area contributed by atoms with E-state index in [1.807, 2.05) is 36.4 Å². The summed E-state index contributed by atoms with van der Waals surface area (Å²) in [6, 6.07) is 15.8. The summed E-state index contributed by atoms with van der Waals surface area (Å²) in [7, 11) is 1.67. The van der Waals surface area contributed by atoms with Gasteiger partial charge in [0, 0.05) is 17.6 Å². The lowest BCUT2D eigenvalue weighted by atomic mass is 10.0. The van der Waals surface area contributed by atoms with Gasteiger partial charge in [0.15, 0.2) is 0 Å². The number of hydrogen-bond donors (Lipinski definition) is 2. The molecule has 2 rings (SSSR count). The van der Waals surface area contributed by atoms with Crippen molar-refractivity contribution in [2.24, 2.45) is 0 Å². The Kier molecular flexibility index (Phi) is 5.23. The van der Waals surface area contributed by atoms with E-state index in [-0.39, 0.29) is 12.1 Å². The summed E-state index contributed by atoms with van der Waals surface area (Å²) in [4.78, 5) is 0. The minimum atomic E-state index is 0.118. The number of rotatable bonds is 6. The third-order valence-corrected chi connectivity index (χ3v) is 3.77. The third kappa shape index (κ3) is 3.76. The van der Waals surface area contributed by atoms with Crippen LogP contribution in [-0.4, -0.2) is 12.2 Å². The average Bonchev–Trinajstić information content (AvgIpc) is 2.53. The van der Waals surface area contributed by atoms with Crippen LogP contribution in [0.3, 0.4) is 0 Å². The fourth-order valence-electron chi connectivity index (χ4n) is 2.52. The molecule has 2 N–H and O–H groups in total. The van der Waals surface area contributed by atoms with E-state index in [0.29, 0.717) is 5.75 Å². The Morgan fingerprint density at radius 1 is 1.14 bits per heavy atom. The number of hydrogen-bond acceptors (Lipinski definition) is 3. The molecular formula is C18H23NO2. The highest BCUT2D eigenvalue weighted by molar-refractivity contribution is 5.35. The molecule has 21 heavy (non-hydrogen) atoms. The monoisotopic (exact) mass is 285 g/mol. The summed E-state index contributed by atoms with van der Waals surface area (Å²) in [6.07, 6.45) is 0.909. The first kappa shape index (κ1) is 15.4. The minimum Gasteiger partial charge on any atom is -0.508 e. The molecule has 0 amide bonds. The van der Waals surface area contributed by atoms with Crippen LogP contribution in [0.5, 0.6) is 11.5 Å². The van der Waals surface area contributed by atoms with Crippen molar-refractivity contribution in [3.05, 3.63) is 59.7 Å². The van der Waals surface area contributed by atoms with E-state index in [9.17, 15) is 5.11 Å². The maximum absolute atomic E-state index is 10.0. The first-order chi connectivity index (χ1) is 10.2. The second kappa shape index (κ2) is 7.14. The molecule has 0 bridgehead atoms. The number of phenols is 1. The van der Waals surface area contributed by atoms with Crippen molar-refractivity contribution in [2.75, 3.05) is 7.11 Å². The van der Waals surface area contributed by atoms with Crippen molar-refractivity contribution in [3.63, 3.8) is 0 Å². The molecular weight excluding hydrogens is 262 g/mol. The lowest BCUT2D eigenvalue weighted by Gasteiger charge is -2.24. The summed E-state index contributed by atoms with van der Waals surface area (Å²) in [6.45, 7) is 4.24. The molecule has 0 radical (unpaired) electrons. The topological polar surface area (TPSA) is 41.5 Å². The van der Waals surface area contributed by atoms with Gasteiger partial charge in [0.25, 0.3) is 0 Å². The Morgan fingerprint density at radius 3 is 2.57 bits per heavy atom. The number of para-hydroxylation sites is 1. The van der Waals surface area contributed by atoms with Gasteiger partial charge >= 0.3 is 0 Å². The van der Waals surface area contributed by atoms with Gasteiger partial charge in [0.2, 0.25) is 0 Å². The fraction of sp³-hybridized carbons (Fsp3) is 0.333. The molecule has 0 aliphatic carbocycles. The van der Waals surface area contributed by atoms with E-state index in [1.54, 1.807) is 13.2 Å². The van der Waals surface area contributed by atoms with Crippen molar-refractivity contribution < 1.29 is 9.84 Å². The minimum absolute atomic E-state index is 0.118. The zero-order chi connectivity index (χ0) is 15.2. The second-order valence-corrected chi connectivity index (χ2v) is 5.18. The van der Waals surface area contributed by atoms with Crippen LogP contribution in [0.15, 0.2) is 48.5 Å². The van der Waals surface area contributed by atoms with Crippen molar-refractivity contribution in [3.8, 4) is 11.5 Å². The van der Waals surface area contributed by atoms with Crippen molar-refractivity contribution in [1.29, 1.82) is 0 Å². The molecule has 3 nitrogen and oxygen atoms in total. The molecule has 0 aliphatic rings. The Labute approximate surface area is 126 Å². The predicted molar refractivity (Wildman–Crippen MR) is 85.7 cm³/mol. The summed E-state index contributed by atoms with van der Waals surface area (Å²) in [5, 5.41) is 13.6. The zero-order valence-electron chi connectivity index (χ0n) is 12.8. The highest BCUT2D eigenvalue weighted by atomic mass is 16.5. The predicted octanol–water partition coefficient (Wildman–Crippen LogP) is 4.20. The number of methoxy groups -OCH3 is 1. The molecule has 0 heterocycles. The first-order valence-electron chi connectivity index (χ1n) is 7.33. The molecule has 2 atom stereocenters. The molecule has 2 aromatic rings. The number of benzene rings is 2. The molecule has 0 aliphatic heterocycles. The molecule has 2 aromatic carbocycles. The first-order valence-corrected chi connectivity index (χ1v) is 7.33. The number of nitrogens with one attached hydrogen (secondary N) is 1. The highest BCUT2D eigenvalue weighted by Crippen LogP contribution is 2.29. The van der Waals surface area contributed by atoms with Crippen LogP contribution in [0.2, 0.25) is 0 Å². The second-order valence-electron chi connectivity index (χ2n) is 5.18. The standard InChI is InChI=1S/C18H23NO2/c1-4-17(16-10-5-6-11-18(16)20)19-13(2)14-8-7-9-15(12-14)21-3/h5-13,17,19-20H,4H2,1-3H3/t13-,17?/m1/s1. The molecule has 0 saturated heterocycles. The fourth-order valence-corrected chi connectivity index (χ4v) is 2.52. The Hall–Kier alpha value is -2.00. The Balaban J connectivity index is 2.16. The van der Waals surface area contributed by atoms with Crippen LogP contribution >= 0.6 is 0 Å². The SMILES string of the molecule is CCC(N[C@H](C)c1cccc(OC)c1)c1ccccc1O. The van der Waals surface area contributed by atoms with E-state index >= 15 is 0 Å². The Bertz CT molecular complexity index is 583. The van der Waals surface area contributed by atoms with Crippen LogP contribution in [0.1, 0.15) is 43.5 Å². The van der Waals surface area contributed by atoms with Crippen molar-refractivity contribution in [2.45, 2.75) is 32.4 Å². The van der Waals surface area contributed by atoms with E-state index in [2.05, 4.69) is 25.2 Å². The molecule has 0 aromatic heterocycles. The van der Waals surface area contributed by atoms with E-state index in [0.717, 1.165) is 17.7 Å². The van der Waals surface area contributed by atoms with Gasteiger partial charge in [0.1, 0.15) is 11.5 Å². The lowest BCUT2D eigenvalue weighted by molar-refractivity contribution is 0.407. The van der Waals surface area contributed by atoms with Crippen LogP contribution in [-0.2, 0) is 0 Å². The number of aromatic hydroxyl groups is 1. The van der Waals surface area contributed by atoms with Gasteiger partial charge in [-0.2, -0.15) is 0 Å². The largest absolute Gasteiger partial charge is 0.508 e. The number of phenolic OH excluding ortho intramolecular Hbond substituents is 1. The van der Waals surface area contributed by atoms with Crippen molar-refractivity contribution in [1.82, 2.24) is 5.32 Å². The lowest BCUT2D eigenvalue weighted by Crippen LogP contribution is -2.24. The van der Waals surface area contributed by atoms with Crippen LogP contribution < -0.4 is 10.1 Å². The van der Waals surface area contributed by atoms with E-state index < -0.39 is 0 Å². The normalized spacial score (nSPS) is 13.7. The molecule has 112 valence electrons. The summed E-state index contributed by atoms with van der Waals surface area (Å²) in [5.41, 5.74) is 2.11. The molecule has 0 spiro atoms. The summed E-state index contributed by atoms with van der Waals surface area (Å²) >= 11 is 0. The number of ether oxygens (including phenoxy) is 1. The molecule has 0 fully saturated rings. The maximum Gasteiger partial charge on any atom is 0.120 e. The van der Waals surface area contributed by atoms with Gasteiger partial charge in [0.05, 0.1) is 7.11 Å². The van der Waals surface area contributed by atoms with Crippen LogP contribution in [0.25, 0.3) is 0 Å². The van der Waals surface area contributed by atoms with Crippen molar-refractivity contribution >= 4 is 0 Å². The van der Waals surface area contributed by atoms with Crippen LogP contribution in [0.4, 0.5) is 0 Å². The van der Waals surface area contributed by atoms with Gasteiger partial charge in [-0.25, -0.2) is 0 Å². The molecule has 0 saturated carbocycles. The van der Waals surface area contributed by atoms with E-state index in [4.69, 9.17) is 4.74 Å². The van der Waals surface area contributed by atoms with Gasteiger partial charge in [-0.3, -0.25) is 0 Å². The molecule has 3 heteroatoms. The van der Waals surface area contributed by atoms with Gasteiger partial charge in [-0.05, 0) is 37.1 Å². The molecule has 1 unspecified atom stereocenters.